The van der Waals surface area contributed by atoms with Crippen LogP contribution in [0.4, 0.5) is 0 Å². The van der Waals surface area contributed by atoms with E-state index in [1.165, 1.54) is 7.11 Å². The number of hydrogen-bond acceptors (Lipinski definition) is 5. The van der Waals surface area contributed by atoms with Gasteiger partial charge in [-0.15, -0.1) is 0 Å². The third-order valence-corrected chi connectivity index (χ3v) is 2.55. The van der Waals surface area contributed by atoms with Crippen molar-refractivity contribution in [3.05, 3.63) is 41.3 Å². The minimum Gasteiger partial charge on any atom is -0.497 e. The van der Waals surface area contributed by atoms with E-state index in [1.807, 2.05) is 12.1 Å². The highest BCUT2D eigenvalue weighted by Gasteiger charge is 2.04. The highest BCUT2D eigenvalue weighted by Crippen LogP contribution is 2.19. The predicted octanol–water partition coefficient (Wildman–Crippen LogP) is 2.73. The Bertz CT molecular complexity index is 546. The smallest absolute Gasteiger partial charge is 0.217 e. The standard InChI is InChI=1S/C13H13ClN2O3/c1-17-9-3-5-10(6-4-9)19-8-12-15-11(14)7-13(16-12)18-2/h3-7H,8H2,1-2H3. The molecule has 2 rings (SSSR count). The monoisotopic (exact) mass is 280 g/mol. The average Bonchev–Trinajstić information content (AvgIpc) is 2.45. The molecule has 0 saturated carbocycles. The van der Waals surface area contributed by atoms with Crippen LogP contribution in [0.2, 0.25) is 5.15 Å². The lowest BCUT2D eigenvalue weighted by Gasteiger charge is -2.07. The van der Waals surface area contributed by atoms with E-state index in [0.29, 0.717) is 22.6 Å². The Hall–Kier alpha value is -2.01. The van der Waals surface area contributed by atoms with Crippen LogP contribution in [0.1, 0.15) is 5.82 Å². The first-order valence-electron chi connectivity index (χ1n) is 5.55. The average molecular weight is 281 g/mol. The molecule has 1 aromatic carbocycles. The summed E-state index contributed by atoms with van der Waals surface area (Å²) in [7, 11) is 3.13. The van der Waals surface area contributed by atoms with Gasteiger partial charge in [-0.2, -0.15) is 4.98 Å². The molecule has 0 bridgehead atoms. The van der Waals surface area contributed by atoms with Crippen LogP contribution in [0.25, 0.3) is 0 Å². The lowest BCUT2D eigenvalue weighted by Crippen LogP contribution is -2.03. The number of hydrogen-bond donors (Lipinski definition) is 0. The van der Waals surface area contributed by atoms with E-state index >= 15 is 0 Å². The van der Waals surface area contributed by atoms with Crippen molar-refractivity contribution in [2.75, 3.05) is 14.2 Å². The second kappa shape index (κ2) is 6.24. The van der Waals surface area contributed by atoms with Crippen molar-refractivity contribution >= 4 is 11.6 Å². The lowest BCUT2D eigenvalue weighted by molar-refractivity contribution is 0.291. The van der Waals surface area contributed by atoms with Crippen molar-refractivity contribution in [2.45, 2.75) is 6.61 Å². The van der Waals surface area contributed by atoms with Crippen LogP contribution in [-0.4, -0.2) is 24.2 Å². The van der Waals surface area contributed by atoms with E-state index in [9.17, 15) is 0 Å². The lowest BCUT2D eigenvalue weighted by atomic mass is 10.3. The van der Waals surface area contributed by atoms with Gasteiger partial charge >= 0.3 is 0 Å². The summed E-state index contributed by atoms with van der Waals surface area (Å²) >= 11 is 5.85. The Balaban J connectivity index is 2.03. The number of ether oxygens (including phenoxy) is 3. The van der Waals surface area contributed by atoms with Gasteiger partial charge in [-0.3, -0.25) is 0 Å². The normalized spacial score (nSPS) is 10.1. The van der Waals surface area contributed by atoms with Gasteiger partial charge < -0.3 is 14.2 Å². The van der Waals surface area contributed by atoms with Gasteiger partial charge in [0.25, 0.3) is 0 Å². The molecular weight excluding hydrogens is 268 g/mol. The minimum absolute atomic E-state index is 0.212. The SMILES string of the molecule is COc1ccc(OCc2nc(Cl)cc(OC)n2)cc1. The molecule has 2 aromatic rings. The van der Waals surface area contributed by atoms with Crippen LogP contribution in [0.5, 0.6) is 17.4 Å². The number of aromatic nitrogens is 2. The molecule has 0 N–H and O–H groups in total. The van der Waals surface area contributed by atoms with Crippen molar-refractivity contribution < 1.29 is 14.2 Å². The maximum Gasteiger partial charge on any atom is 0.217 e. The number of halogens is 1. The van der Waals surface area contributed by atoms with E-state index < -0.39 is 0 Å². The summed E-state index contributed by atoms with van der Waals surface area (Å²) in [4.78, 5) is 8.19. The Morgan fingerprint density at radius 1 is 1.00 bits per heavy atom. The molecule has 0 atom stereocenters. The number of rotatable bonds is 5. The highest BCUT2D eigenvalue weighted by atomic mass is 35.5. The summed E-state index contributed by atoms with van der Waals surface area (Å²) < 4.78 is 15.6. The maximum atomic E-state index is 5.85. The summed E-state index contributed by atoms with van der Waals surface area (Å²) in [6, 6.07) is 8.78. The first-order chi connectivity index (χ1) is 9.21. The fourth-order valence-corrected chi connectivity index (χ4v) is 1.62. The Kier molecular flexibility index (Phi) is 4.41. The van der Waals surface area contributed by atoms with Gasteiger partial charge in [-0.1, -0.05) is 11.6 Å². The van der Waals surface area contributed by atoms with Crippen LogP contribution >= 0.6 is 11.6 Å². The van der Waals surface area contributed by atoms with Crippen molar-refractivity contribution in [2.24, 2.45) is 0 Å². The summed E-state index contributed by atoms with van der Waals surface area (Å²) in [5.41, 5.74) is 0. The van der Waals surface area contributed by atoms with E-state index in [4.69, 9.17) is 25.8 Å². The molecule has 5 nitrogen and oxygen atoms in total. The van der Waals surface area contributed by atoms with Crippen molar-refractivity contribution in [3.8, 4) is 17.4 Å². The fraction of sp³-hybridized carbons (Fsp3) is 0.231. The van der Waals surface area contributed by atoms with Crippen LogP contribution < -0.4 is 14.2 Å². The van der Waals surface area contributed by atoms with E-state index in [-0.39, 0.29) is 6.61 Å². The van der Waals surface area contributed by atoms with Crippen molar-refractivity contribution in [1.29, 1.82) is 0 Å². The number of nitrogens with zero attached hydrogens (tertiary/aromatic N) is 2. The Morgan fingerprint density at radius 2 is 1.68 bits per heavy atom. The number of benzene rings is 1. The molecule has 1 aromatic heterocycles. The molecule has 0 saturated heterocycles. The molecule has 0 aliphatic carbocycles. The maximum absolute atomic E-state index is 5.85. The topological polar surface area (TPSA) is 53.5 Å². The quantitative estimate of drug-likeness (QED) is 0.788. The third-order valence-electron chi connectivity index (χ3n) is 2.35. The third kappa shape index (κ3) is 3.72. The molecule has 6 heteroatoms. The Labute approximate surface area is 116 Å². The van der Waals surface area contributed by atoms with Gasteiger partial charge in [0.2, 0.25) is 5.88 Å². The van der Waals surface area contributed by atoms with Gasteiger partial charge in [-0.05, 0) is 24.3 Å². The van der Waals surface area contributed by atoms with Gasteiger partial charge in [0.15, 0.2) is 5.82 Å². The molecule has 0 aliphatic rings. The molecule has 0 radical (unpaired) electrons. The summed E-state index contributed by atoms with van der Waals surface area (Å²) in [6.45, 7) is 0.212. The van der Waals surface area contributed by atoms with Gasteiger partial charge in [-0.25, -0.2) is 4.98 Å². The summed E-state index contributed by atoms with van der Waals surface area (Å²) in [5.74, 6) is 2.34. The molecular formula is C13H13ClN2O3. The molecule has 0 fully saturated rings. The van der Waals surface area contributed by atoms with Gasteiger partial charge in [0.1, 0.15) is 23.3 Å². The predicted molar refractivity (Wildman–Crippen MR) is 70.9 cm³/mol. The second-order valence-electron chi connectivity index (χ2n) is 3.61. The zero-order chi connectivity index (χ0) is 13.7. The Morgan fingerprint density at radius 3 is 2.32 bits per heavy atom. The largest absolute Gasteiger partial charge is 0.497 e. The molecule has 19 heavy (non-hydrogen) atoms. The minimum atomic E-state index is 0.212. The fourth-order valence-electron chi connectivity index (χ4n) is 1.43. The highest BCUT2D eigenvalue weighted by molar-refractivity contribution is 6.29. The van der Waals surface area contributed by atoms with Crippen LogP contribution in [0.3, 0.4) is 0 Å². The zero-order valence-electron chi connectivity index (χ0n) is 10.6. The van der Waals surface area contributed by atoms with E-state index in [0.717, 1.165) is 5.75 Å². The number of methoxy groups -OCH3 is 2. The zero-order valence-corrected chi connectivity index (χ0v) is 11.3. The molecule has 100 valence electrons. The van der Waals surface area contributed by atoms with Crippen LogP contribution in [-0.2, 0) is 6.61 Å². The van der Waals surface area contributed by atoms with E-state index in [2.05, 4.69) is 9.97 Å². The molecule has 1 heterocycles. The van der Waals surface area contributed by atoms with Crippen molar-refractivity contribution in [3.63, 3.8) is 0 Å². The second-order valence-corrected chi connectivity index (χ2v) is 4.00. The van der Waals surface area contributed by atoms with Gasteiger partial charge in [0, 0.05) is 6.07 Å². The molecule has 0 unspecified atom stereocenters. The van der Waals surface area contributed by atoms with Crippen LogP contribution in [0, 0.1) is 0 Å². The first-order valence-corrected chi connectivity index (χ1v) is 5.93. The van der Waals surface area contributed by atoms with Crippen LogP contribution in [0.15, 0.2) is 30.3 Å². The molecule has 0 amide bonds. The van der Waals surface area contributed by atoms with Gasteiger partial charge in [0.05, 0.1) is 14.2 Å². The molecule has 0 aliphatic heterocycles. The first kappa shape index (κ1) is 13.4. The summed E-state index contributed by atoms with van der Waals surface area (Å²) in [6.07, 6.45) is 0. The van der Waals surface area contributed by atoms with Crippen molar-refractivity contribution in [1.82, 2.24) is 9.97 Å². The summed E-state index contributed by atoms with van der Waals surface area (Å²) in [5, 5.41) is 0.320. The van der Waals surface area contributed by atoms with E-state index in [1.54, 1.807) is 25.3 Å². The molecule has 0 spiro atoms.